The van der Waals surface area contributed by atoms with Crippen LogP contribution < -0.4 is 0 Å². The van der Waals surface area contributed by atoms with Gasteiger partial charge in [0.1, 0.15) is 6.54 Å². The van der Waals surface area contributed by atoms with Gasteiger partial charge >= 0.3 is 5.97 Å². The van der Waals surface area contributed by atoms with Crippen molar-refractivity contribution < 1.29 is 19.2 Å². The summed E-state index contributed by atoms with van der Waals surface area (Å²) in [5, 5.41) is 11.4. The predicted molar refractivity (Wildman–Crippen MR) is 90.0 cm³/mol. The van der Waals surface area contributed by atoms with Gasteiger partial charge in [-0.05, 0) is 25.3 Å². The summed E-state index contributed by atoms with van der Waals surface area (Å²) >= 11 is 0. The van der Waals surface area contributed by atoms with Gasteiger partial charge in [0.2, 0.25) is 0 Å². The number of rotatable bonds is 5. The van der Waals surface area contributed by atoms with E-state index in [-0.39, 0.29) is 23.8 Å². The van der Waals surface area contributed by atoms with Gasteiger partial charge in [0.25, 0.3) is 11.6 Å². The Morgan fingerprint density at radius 1 is 1.29 bits per heavy atom. The Balaban J connectivity index is 3.30. The lowest BCUT2D eigenvalue weighted by molar-refractivity contribution is -0.386. The third kappa shape index (κ3) is 4.53. The molecule has 132 valence electrons. The molecule has 0 radical (unpaired) electrons. The highest BCUT2D eigenvalue weighted by molar-refractivity contribution is 5.97. The van der Waals surface area contributed by atoms with E-state index in [0.717, 1.165) is 0 Å². The van der Waals surface area contributed by atoms with Crippen molar-refractivity contribution in [2.45, 2.75) is 46.1 Å². The first-order valence-electron chi connectivity index (χ1n) is 7.65. The molecule has 1 rings (SSSR count). The molecule has 0 aliphatic heterocycles. The highest BCUT2D eigenvalue weighted by atomic mass is 16.6. The number of carbonyl (C=O) groups is 2. The first-order valence-corrected chi connectivity index (χ1v) is 7.65. The van der Waals surface area contributed by atoms with Crippen LogP contribution in [-0.2, 0) is 14.9 Å². The van der Waals surface area contributed by atoms with Crippen molar-refractivity contribution in [3.8, 4) is 0 Å². The van der Waals surface area contributed by atoms with Gasteiger partial charge in [0.05, 0.1) is 12.0 Å². The summed E-state index contributed by atoms with van der Waals surface area (Å²) in [5.74, 6) is -0.989. The molecule has 0 unspecified atom stereocenters. The summed E-state index contributed by atoms with van der Waals surface area (Å²) in [7, 11) is 1.24. The molecule has 7 heteroatoms. The summed E-state index contributed by atoms with van der Waals surface area (Å²) < 4.78 is 4.60. The average Bonchev–Trinajstić information content (AvgIpc) is 2.49. The summed E-state index contributed by atoms with van der Waals surface area (Å²) in [4.78, 5) is 36.4. The SMILES string of the molecule is COC(=O)CN(C(=O)c1ccc(C(C)(C)C)c([N+](=O)[O-])c1)C(C)C. The zero-order valence-electron chi connectivity index (χ0n) is 15.0. The number of hydrogen-bond acceptors (Lipinski definition) is 5. The normalized spacial score (nSPS) is 11.3. The topological polar surface area (TPSA) is 89.8 Å². The van der Waals surface area contributed by atoms with Gasteiger partial charge in [-0.2, -0.15) is 0 Å². The fourth-order valence-corrected chi connectivity index (χ4v) is 2.31. The summed E-state index contributed by atoms with van der Waals surface area (Å²) in [6.07, 6.45) is 0. The van der Waals surface area contributed by atoms with Gasteiger partial charge in [-0.25, -0.2) is 0 Å². The molecule has 0 bridgehead atoms. The standard InChI is InChI=1S/C17H24N2O5/c1-11(2)18(10-15(20)24-6)16(21)12-7-8-13(17(3,4)5)14(9-12)19(22)23/h7-9,11H,10H2,1-6H3. The molecule has 0 saturated heterocycles. The third-order valence-electron chi connectivity index (χ3n) is 3.66. The molecule has 1 aromatic rings. The molecule has 7 nitrogen and oxygen atoms in total. The molecule has 0 atom stereocenters. The molecular formula is C17H24N2O5. The maximum atomic E-state index is 12.7. The molecule has 24 heavy (non-hydrogen) atoms. The molecule has 0 aromatic heterocycles. The Morgan fingerprint density at radius 3 is 2.29 bits per heavy atom. The van der Waals surface area contributed by atoms with Gasteiger partial charge in [-0.3, -0.25) is 19.7 Å². The zero-order chi connectivity index (χ0) is 18.7. The number of benzene rings is 1. The van der Waals surface area contributed by atoms with Crippen LogP contribution in [0.2, 0.25) is 0 Å². The van der Waals surface area contributed by atoms with E-state index in [1.165, 1.54) is 18.1 Å². The fourth-order valence-electron chi connectivity index (χ4n) is 2.31. The Bertz CT molecular complexity index is 647. The number of carbonyl (C=O) groups excluding carboxylic acids is 2. The van der Waals surface area contributed by atoms with E-state index in [2.05, 4.69) is 4.74 Å². The van der Waals surface area contributed by atoms with Crippen LogP contribution >= 0.6 is 0 Å². The highest BCUT2D eigenvalue weighted by Gasteiger charge is 2.28. The first-order chi connectivity index (χ1) is 11.0. The Labute approximate surface area is 141 Å². The van der Waals surface area contributed by atoms with Crippen molar-refractivity contribution in [2.24, 2.45) is 0 Å². The van der Waals surface area contributed by atoms with Gasteiger partial charge in [0.15, 0.2) is 0 Å². The van der Waals surface area contributed by atoms with Crippen molar-refractivity contribution in [3.63, 3.8) is 0 Å². The maximum absolute atomic E-state index is 12.7. The molecule has 1 aromatic carbocycles. The maximum Gasteiger partial charge on any atom is 0.325 e. The van der Waals surface area contributed by atoms with E-state index in [4.69, 9.17) is 0 Å². The minimum Gasteiger partial charge on any atom is -0.468 e. The third-order valence-corrected chi connectivity index (χ3v) is 3.66. The summed E-state index contributed by atoms with van der Waals surface area (Å²) in [6.45, 7) is 8.93. The Hall–Kier alpha value is -2.44. The molecule has 0 heterocycles. The van der Waals surface area contributed by atoms with Gasteiger partial charge < -0.3 is 9.64 Å². The molecule has 0 saturated carbocycles. The number of nitro benzene ring substituents is 1. The van der Waals surface area contributed by atoms with E-state index in [0.29, 0.717) is 5.56 Å². The van der Waals surface area contributed by atoms with Crippen LogP contribution in [0, 0.1) is 10.1 Å². The molecule has 0 aliphatic carbocycles. The van der Waals surface area contributed by atoms with E-state index in [1.54, 1.807) is 26.0 Å². The van der Waals surface area contributed by atoms with Crippen molar-refractivity contribution in [2.75, 3.05) is 13.7 Å². The number of amides is 1. The van der Waals surface area contributed by atoms with Crippen LogP contribution in [0.1, 0.15) is 50.5 Å². The number of hydrogen-bond donors (Lipinski definition) is 0. The van der Waals surface area contributed by atoms with Crippen LogP contribution in [0.4, 0.5) is 5.69 Å². The predicted octanol–water partition coefficient (Wildman–Crippen LogP) is 2.92. The van der Waals surface area contributed by atoms with Crippen LogP contribution in [0.3, 0.4) is 0 Å². The smallest absolute Gasteiger partial charge is 0.325 e. The fraction of sp³-hybridized carbons (Fsp3) is 0.529. The molecule has 0 fully saturated rings. The van der Waals surface area contributed by atoms with Crippen LogP contribution in [0.25, 0.3) is 0 Å². The largest absolute Gasteiger partial charge is 0.468 e. The van der Waals surface area contributed by atoms with Crippen molar-refractivity contribution in [1.82, 2.24) is 4.90 Å². The minimum atomic E-state index is -0.544. The van der Waals surface area contributed by atoms with E-state index in [9.17, 15) is 19.7 Å². The molecule has 0 N–H and O–H groups in total. The number of nitro groups is 1. The average molecular weight is 336 g/mol. The molecular weight excluding hydrogens is 312 g/mol. The number of ether oxygens (including phenoxy) is 1. The lowest BCUT2D eigenvalue weighted by Crippen LogP contribution is -2.41. The van der Waals surface area contributed by atoms with Crippen LogP contribution in [0.5, 0.6) is 0 Å². The lowest BCUT2D eigenvalue weighted by Gasteiger charge is -2.26. The molecule has 1 amide bonds. The quantitative estimate of drug-likeness (QED) is 0.468. The second kappa shape index (κ2) is 7.42. The van der Waals surface area contributed by atoms with Crippen molar-refractivity contribution in [3.05, 3.63) is 39.4 Å². The monoisotopic (exact) mass is 336 g/mol. The molecule has 0 aliphatic rings. The summed E-state index contributed by atoms with van der Waals surface area (Å²) in [5.41, 5.74) is 0.198. The van der Waals surface area contributed by atoms with Gasteiger partial charge in [0, 0.05) is 23.2 Å². The second-order valence-corrected chi connectivity index (χ2v) is 6.84. The van der Waals surface area contributed by atoms with Crippen LogP contribution in [-0.4, -0.2) is 41.4 Å². The lowest BCUT2D eigenvalue weighted by atomic mass is 9.85. The van der Waals surface area contributed by atoms with E-state index in [1.807, 2.05) is 20.8 Å². The summed E-state index contributed by atoms with van der Waals surface area (Å²) in [6, 6.07) is 4.18. The van der Waals surface area contributed by atoms with E-state index < -0.39 is 22.2 Å². The zero-order valence-corrected chi connectivity index (χ0v) is 15.0. The Kier molecular flexibility index (Phi) is 6.06. The number of esters is 1. The minimum absolute atomic E-state index is 0.102. The highest BCUT2D eigenvalue weighted by Crippen LogP contribution is 2.32. The number of methoxy groups -OCH3 is 1. The second-order valence-electron chi connectivity index (χ2n) is 6.84. The Morgan fingerprint density at radius 2 is 1.88 bits per heavy atom. The van der Waals surface area contributed by atoms with Gasteiger partial charge in [-0.1, -0.05) is 26.8 Å². The van der Waals surface area contributed by atoms with E-state index >= 15 is 0 Å². The number of nitrogens with zero attached hydrogens (tertiary/aromatic N) is 2. The first kappa shape index (κ1) is 19.6. The van der Waals surface area contributed by atoms with Crippen molar-refractivity contribution >= 4 is 17.6 Å². The van der Waals surface area contributed by atoms with Crippen molar-refractivity contribution in [1.29, 1.82) is 0 Å². The van der Waals surface area contributed by atoms with Crippen LogP contribution in [0.15, 0.2) is 18.2 Å². The molecule has 0 spiro atoms. The van der Waals surface area contributed by atoms with Gasteiger partial charge in [-0.15, -0.1) is 0 Å².